The summed E-state index contributed by atoms with van der Waals surface area (Å²) in [6, 6.07) is 0. The second kappa shape index (κ2) is 5.61. The molecule has 0 saturated carbocycles. The van der Waals surface area contributed by atoms with Gasteiger partial charge in [0.2, 0.25) is 11.8 Å². The van der Waals surface area contributed by atoms with Gasteiger partial charge in [-0.3, -0.25) is 9.59 Å². The molecular formula is C11H17N5O2. The quantitative estimate of drug-likeness (QED) is 0.785. The highest BCUT2D eigenvalue weighted by atomic mass is 16.2. The SMILES string of the molecule is CCCn1ncnc1CN1CCC(=O)NCC1=O. The number of nitrogens with one attached hydrogen (secondary N) is 1. The lowest BCUT2D eigenvalue weighted by atomic mass is 10.3. The summed E-state index contributed by atoms with van der Waals surface area (Å²) in [4.78, 5) is 28.8. The van der Waals surface area contributed by atoms with Crippen molar-refractivity contribution in [3.05, 3.63) is 12.2 Å². The highest BCUT2D eigenvalue weighted by Crippen LogP contribution is 2.05. The van der Waals surface area contributed by atoms with Crippen LogP contribution in [0.5, 0.6) is 0 Å². The summed E-state index contributed by atoms with van der Waals surface area (Å²) in [7, 11) is 0. The number of hydrogen-bond donors (Lipinski definition) is 1. The molecule has 7 nitrogen and oxygen atoms in total. The van der Waals surface area contributed by atoms with E-state index in [0.29, 0.717) is 19.5 Å². The molecular weight excluding hydrogens is 234 g/mol. The van der Waals surface area contributed by atoms with Gasteiger partial charge in [-0.2, -0.15) is 5.10 Å². The molecule has 0 spiro atoms. The van der Waals surface area contributed by atoms with E-state index in [4.69, 9.17) is 0 Å². The lowest BCUT2D eigenvalue weighted by Crippen LogP contribution is -2.35. The Bertz CT molecular complexity index is 442. The molecule has 2 heterocycles. The van der Waals surface area contributed by atoms with E-state index in [-0.39, 0.29) is 18.4 Å². The predicted octanol–water partition coefficient (Wildman–Crippen LogP) is -0.463. The molecule has 0 bridgehead atoms. The first kappa shape index (κ1) is 12.5. The first-order valence-electron chi connectivity index (χ1n) is 6.12. The smallest absolute Gasteiger partial charge is 0.242 e. The zero-order chi connectivity index (χ0) is 13.0. The van der Waals surface area contributed by atoms with Gasteiger partial charge in [-0.15, -0.1) is 0 Å². The standard InChI is InChI=1S/C11H17N5O2/c1-2-4-16-9(13-8-14-16)7-15-5-3-10(17)12-6-11(15)18/h8H,2-7H2,1H3,(H,12,17). The van der Waals surface area contributed by atoms with E-state index in [1.165, 1.54) is 6.33 Å². The molecule has 2 rings (SSSR count). The van der Waals surface area contributed by atoms with Gasteiger partial charge in [0.1, 0.15) is 12.2 Å². The van der Waals surface area contributed by atoms with Crippen LogP contribution in [-0.2, 0) is 22.7 Å². The van der Waals surface area contributed by atoms with Crippen LogP contribution in [0.2, 0.25) is 0 Å². The minimum absolute atomic E-state index is 0.0702. The lowest BCUT2D eigenvalue weighted by molar-refractivity contribution is -0.130. The third-order valence-electron chi connectivity index (χ3n) is 2.86. The van der Waals surface area contributed by atoms with E-state index in [1.807, 2.05) is 0 Å². The normalized spacial score (nSPS) is 16.6. The number of aryl methyl sites for hydroxylation is 1. The third kappa shape index (κ3) is 2.85. The van der Waals surface area contributed by atoms with E-state index < -0.39 is 0 Å². The van der Waals surface area contributed by atoms with E-state index in [2.05, 4.69) is 22.3 Å². The Kier molecular flexibility index (Phi) is 3.91. The summed E-state index contributed by atoms with van der Waals surface area (Å²) in [5.41, 5.74) is 0. The molecule has 7 heteroatoms. The van der Waals surface area contributed by atoms with Gasteiger partial charge in [0.25, 0.3) is 0 Å². The minimum atomic E-state index is -0.0825. The van der Waals surface area contributed by atoms with Crippen LogP contribution in [0.1, 0.15) is 25.6 Å². The number of hydrogen-bond acceptors (Lipinski definition) is 4. The molecule has 1 N–H and O–H groups in total. The van der Waals surface area contributed by atoms with Gasteiger partial charge in [0.05, 0.1) is 13.1 Å². The molecule has 1 aliphatic heterocycles. The van der Waals surface area contributed by atoms with Gasteiger partial charge in [0.15, 0.2) is 0 Å². The van der Waals surface area contributed by atoms with Crippen LogP contribution < -0.4 is 5.32 Å². The fraction of sp³-hybridized carbons (Fsp3) is 0.636. The zero-order valence-corrected chi connectivity index (χ0v) is 10.4. The number of carbonyl (C=O) groups excluding carboxylic acids is 2. The molecule has 0 aliphatic carbocycles. The molecule has 0 unspecified atom stereocenters. The molecule has 1 aromatic rings. The number of nitrogens with zero attached hydrogens (tertiary/aromatic N) is 4. The molecule has 18 heavy (non-hydrogen) atoms. The Hall–Kier alpha value is -1.92. The van der Waals surface area contributed by atoms with Crippen LogP contribution in [0.15, 0.2) is 6.33 Å². The van der Waals surface area contributed by atoms with Crippen LogP contribution in [0.25, 0.3) is 0 Å². The van der Waals surface area contributed by atoms with Gasteiger partial charge < -0.3 is 10.2 Å². The molecule has 1 saturated heterocycles. The van der Waals surface area contributed by atoms with Crippen LogP contribution in [0, 0.1) is 0 Å². The van der Waals surface area contributed by atoms with Crippen molar-refractivity contribution in [1.82, 2.24) is 25.0 Å². The maximum absolute atomic E-state index is 11.8. The summed E-state index contributed by atoms with van der Waals surface area (Å²) in [6.07, 6.45) is 2.80. The molecule has 1 fully saturated rings. The summed E-state index contributed by atoms with van der Waals surface area (Å²) in [6.45, 7) is 3.76. The first-order valence-corrected chi connectivity index (χ1v) is 6.12. The number of carbonyl (C=O) groups is 2. The molecule has 2 amide bonds. The topological polar surface area (TPSA) is 80.1 Å². The summed E-state index contributed by atoms with van der Waals surface area (Å²) in [5, 5.41) is 6.69. The highest BCUT2D eigenvalue weighted by Gasteiger charge is 2.21. The number of amides is 2. The molecule has 98 valence electrons. The molecule has 1 aromatic heterocycles. The monoisotopic (exact) mass is 251 g/mol. The minimum Gasteiger partial charge on any atom is -0.347 e. The molecule has 0 radical (unpaired) electrons. The van der Waals surface area contributed by atoms with Crippen molar-refractivity contribution in [2.75, 3.05) is 13.1 Å². The number of aromatic nitrogens is 3. The van der Waals surface area contributed by atoms with Crippen molar-refractivity contribution in [2.24, 2.45) is 0 Å². The van der Waals surface area contributed by atoms with Gasteiger partial charge in [-0.25, -0.2) is 9.67 Å². The van der Waals surface area contributed by atoms with E-state index in [1.54, 1.807) is 9.58 Å². The zero-order valence-electron chi connectivity index (χ0n) is 10.4. The van der Waals surface area contributed by atoms with E-state index >= 15 is 0 Å². The Morgan fingerprint density at radius 3 is 3.06 bits per heavy atom. The van der Waals surface area contributed by atoms with Crippen molar-refractivity contribution in [2.45, 2.75) is 32.9 Å². The third-order valence-corrected chi connectivity index (χ3v) is 2.86. The highest BCUT2D eigenvalue weighted by molar-refractivity contribution is 5.87. The lowest BCUT2D eigenvalue weighted by Gasteiger charge is -2.19. The van der Waals surface area contributed by atoms with E-state index in [9.17, 15) is 9.59 Å². The Morgan fingerprint density at radius 1 is 1.44 bits per heavy atom. The average molecular weight is 251 g/mol. The first-order chi connectivity index (χ1) is 8.70. The van der Waals surface area contributed by atoms with Crippen LogP contribution in [0.4, 0.5) is 0 Å². The molecule has 1 aliphatic rings. The van der Waals surface area contributed by atoms with Gasteiger partial charge >= 0.3 is 0 Å². The Labute approximate surface area is 105 Å². The maximum atomic E-state index is 11.8. The Morgan fingerprint density at radius 2 is 2.28 bits per heavy atom. The van der Waals surface area contributed by atoms with Crippen LogP contribution in [-0.4, -0.2) is 44.6 Å². The van der Waals surface area contributed by atoms with Gasteiger partial charge in [-0.1, -0.05) is 6.92 Å². The largest absolute Gasteiger partial charge is 0.347 e. The van der Waals surface area contributed by atoms with Crippen molar-refractivity contribution < 1.29 is 9.59 Å². The molecule has 0 aromatic carbocycles. The molecule has 0 atom stereocenters. The summed E-state index contributed by atoms with van der Waals surface area (Å²) >= 11 is 0. The average Bonchev–Trinajstić information content (AvgIpc) is 2.72. The van der Waals surface area contributed by atoms with Gasteiger partial charge in [-0.05, 0) is 6.42 Å². The predicted molar refractivity (Wildman–Crippen MR) is 63.4 cm³/mol. The van der Waals surface area contributed by atoms with Crippen LogP contribution >= 0.6 is 0 Å². The Balaban J connectivity index is 2.05. The van der Waals surface area contributed by atoms with Crippen molar-refractivity contribution in [1.29, 1.82) is 0 Å². The number of rotatable bonds is 4. The van der Waals surface area contributed by atoms with Crippen molar-refractivity contribution in [3.8, 4) is 0 Å². The summed E-state index contributed by atoms with van der Waals surface area (Å²) in [5.74, 6) is 0.604. The van der Waals surface area contributed by atoms with Crippen molar-refractivity contribution in [3.63, 3.8) is 0 Å². The van der Waals surface area contributed by atoms with Crippen molar-refractivity contribution >= 4 is 11.8 Å². The second-order valence-electron chi connectivity index (χ2n) is 4.24. The maximum Gasteiger partial charge on any atom is 0.242 e. The van der Waals surface area contributed by atoms with Gasteiger partial charge in [0, 0.05) is 19.5 Å². The fourth-order valence-corrected chi connectivity index (χ4v) is 1.88. The fourth-order valence-electron chi connectivity index (χ4n) is 1.88. The van der Waals surface area contributed by atoms with Crippen LogP contribution in [0.3, 0.4) is 0 Å². The summed E-state index contributed by atoms with van der Waals surface area (Å²) < 4.78 is 1.80. The van der Waals surface area contributed by atoms with E-state index in [0.717, 1.165) is 18.8 Å². The second-order valence-corrected chi connectivity index (χ2v) is 4.24.